The summed E-state index contributed by atoms with van der Waals surface area (Å²) in [6.45, 7) is 1.79. The zero-order chi connectivity index (χ0) is 19.4. The van der Waals surface area contributed by atoms with E-state index in [1.807, 2.05) is 30.3 Å². The van der Waals surface area contributed by atoms with Crippen LogP contribution in [-0.2, 0) is 0 Å². The summed E-state index contributed by atoms with van der Waals surface area (Å²) in [6, 6.07) is 10.5. The van der Waals surface area contributed by atoms with Crippen molar-refractivity contribution >= 4 is 5.97 Å². The van der Waals surface area contributed by atoms with Gasteiger partial charge < -0.3 is 19.3 Å². The zero-order valence-electron chi connectivity index (χ0n) is 15.0. The van der Waals surface area contributed by atoms with Gasteiger partial charge in [0.1, 0.15) is 5.56 Å². The number of benzene rings is 1. The topological polar surface area (TPSA) is 104 Å². The van der Waals surface area contributed by atoms with Crippen LogP contribution in [0, 0.1) is 6.92 Å². The van der Waals surface area contributed by atoms with Gasteiger partial charge in [0.25, 0.3) is 0 Å². The molecule has 3 rings (SSSR count). The summed E-state index contributed by atoms with van der Waals surface area (Å²) in [5.74, 6) is -0.870. The average Bonchev–Trinajstić information content (AvgIpc) is 2.69. The van der Waals surface area contributed by atoms with E-state index >= 15 is 0 Å². The molecule has 0 aliphatic carbocycles. The van der Waals surface area contributed by atoms with E-state index in [1.165, 1.54) is 20.3 Å². The Balaban J connectivity index is 2.13. The SMILES string of the molecule is COc1cc(OC)nc(Oc2ncc(C)c(-c3ccccc3)c2C(=O)O)n1. The second kappa shape index (κ2) is 7.69. The molecule has 0 atom stereocenters. The van der Waals surface area contributed by atoms with Crippen LogP contribution in [0.5, 0.6) is 23.7 Å². The van der Waals surface area contributed by atoms with E-state index in [4.69, 9.17) is 14.2 Å². The van der Waals surface area contributed by atoms with Crippen molar-refractivity contribution in [3.8, 4) is 34.8 Å². The van der Waals surface area contributed by atoms with Crippen LogP contribution in [0.4, 0.5) is 0 Å². The Bertz CT molecular complexity index is 954. The van der Waals surface area contributed by atoms with Crippen molar-refractivity contribution in [2.45, 2.75) is 6.92 Å². The maximum absolute atomic E-state index is 12.0. The summed E-state index contributed by atoms with van der Waals surface area (Å²) in [5, 5.41) is 9.80. The third-order valence-electron chi connectivity index (χ3n) is 3.77. The number of hydrogen-bond donors (Lipinski definition) is 1. The van der Waals surface area contributed by atoms with Gasteiger partial charge in [0.2, 0.25) is 17.6 Å². The Labute approximate surface area is 155 Å². The number of methoxy groups -OCH3 is 2. The monoisotopic (exact) mass is 367 g/mol. The number of aromatic carboxylic acids is 1. The van der Waals surface area contributed by atoms with Crippen molar-refractivity contribution in [2.75, 3.05) is 14.2 Å². The zero-order valence-corrected chi connectivity index (χ0v) is 15.0. The predicted octanol–water partition coefficient (Wildman–Crippen LogP) is 3.35. The molecule has 0 radical (unpaired) electrons. The summed E-state index contributed by atoms with van der Waals surface area (Å²) < 4.78 is 15.8. The van der Waals surface area contributed by atoms with Crippen LogP contribution in [0.1, 0.15) is 15.9 Å². The molecule has 2 heterocycles. The molecule has 0 bridgehead atoms. The van der Waals surface area contributed by atoms with Crippen LogP contribution >= 0.6 is 0 Å². The maximum Gasteiger partial charge on any atom is 0.341 e. The molecule has 0 aliphatic rings. The number of hydrogen-bond acceptors (Lipinski definition) is 7. The summed E-state index contributed by atoms with van der Waals surface area (Å²) >= 11 is 0. The number of carboxylic acid groups (broad SMARTS) is 1. The van der Waals surface area contributed by atoms with E-state index in [1.54, 1.807) is 13.1 Å². The molecule has 0 fully saturated rings. The van der Waals surface area contributed by atoms with Crippen molar-refractivity contribution in [1.82, 2.24) is 15.0 Å². The van der Waals surface area contributed by atoms with Crippen molar-refractivity contribution in [1.29, 1.82) is 0 Å². The molecule has 1 aromatic carbocycles. The number of pyridine rings is 1. The quantitative estimate of drug-likeness (QED) is 0.707. The third-order valence-corrected chi connectivity index (χ3v) is 3.77. The number of aromatic nitrogens is 3. The number of carbonyl (C=O) groups is 1. The maximum atomic E-state index is 12.0. The normalized spacial score (nSPS) is 10.3. The highest BCUT2D eigenvalue weighted by Gasteiger charge is 2.23. The number of nitrogens with zero attached hydrogens (tertiary/aromatic N) is 3. The first-order valence-corrected chi connectivity index (χ1v) is 7.96. The van der Waals surface area contributed by atoms with Gasteiger partial charge in [0.05, 0.1) is 20.3 Å². The van der Waals surface area contributed by atoms with E-state index < -0.39 is 5.97 Å². The second-order valence-corrected chi connectivity index (χ2v) is 5.50. The minimum atomic E-state index is -1.17. The van der Waals surface area contributed by atoms with Gasteiger partial charge >= 0.3 is 12.0 Å². The molecular weight excluding hydrogens is 350 g/mol. The van der Waals surface area contributed by atoms with Crippen molar-refractivity contribution < 1.29 is 24.1 Å². The fourth-order valence-corrected chi connectivity index (χ4v) is 2.57. The van der Waals surface area contributed by atoms with Gasteiger partial charge in [-0.05, 0) is 18.1 Å². The molecule has 0 saturated carbocycles. The molecule has 0 saturated heterocycles. The Kier molecular flexibility index (Phi) is 5.16. The molecule has 27 heavy (non-hydrogen) atoms. The molecule has 3 aromatic rings. The van der Waals surface area contributed by atoms with Crippen LogP contribution in [0.15, 0.2) is 42.6 Å². The molecule has 1 N–H and O–H groups in total. The molecule has 8 heteroatoms. The van der Waals surface area contributed by atoms with Crippen LogP contribution in [0.2, 0.25) is 0 Å². The lowest BCUT2D eigenvalue weighted by Crippen LogP contribution is -2.08. The molecule has 2 aromatic heterocycles. The second-order valence-electron chi connectivity index (χ2n) is 5.50. The molecule has 0 unspecified atom stereocenters. The highest BCUT2D eigenvalue weighted by atomic mass is 16.5. The van der Waals surface area contributed by atoms with Crippen LogP contribution in [-0.4, -0.2) is 40.2 Å². The Hall–Kier alpha value is -3.68. The summed E-state index contributed by atoms with van der Waals surface area (Å²) in [5.41, 5.74) is 1.88. The summed E-state index contributed by atoms with van der Waals surface area (Å²) in [7, 11) is 2.87. The van der Waals surface area contributed by atoms with Gasteiger partial charge in [-0.1, -0.05) is 30.3 Å². The van der Waals surface area contributed by atoms with Gasteiger partial charge in [-0.15, -0.1) is 0 Å². The lowest BCUT2D eigenvalue weighted by Gasteiger charge is -2.14. The fraction of sp³-hybridized carbons (Fsp3) is 0.158. The first-order chi connectivity index (χ1) is 13.0. The van der Waals surface area contributed by atoms with Crippen molar-refractivity contribution in [2.24, 2.45) is 0 Å². The van der Waals surface area contributed by atoms with Gasteiger partial charge in [-0.3, -0.25) is 0 Å². The van der Waals surface area contributed by atoms with Crippen LogP contribution in [0.3, 0.4) is 0 Å². The van der Waals surface area contributed by atoms with E-state index in [2.05, 4.69) is 15.0 Å². The van der Waals surface area contributed by atoms with Crippen molar-refractivity contribution in [3.63, 3.8) is 0 Å². The van der Waals surface area contributed by atoms with E-state index in [-0.39, 0.29) is 29.2 Å². The highest BCUT2D eigenvalue weighted by molar-refractivity contribution is 5.99. The van der Waals surface area contributed by atoms with E-state index in [0.29, 0.717) is 11.1 Å². The number of rotatable bonds is 6. The Morgan fingerprint density at radius 1 is 1.04 bits per heavy atom. The predicted molar refractivity (Wildman–Crippen MR) is 96.6 cm³/mol. The molecule has 0 amide bonds. The number of ether oxygens (including phenoxy) is 3. The largest absolute Gasteiger partial charge is 0.481 e. The lowest BCUT2D eigenvalue weighted by atomic mass is 9.97. The molecule has 138 valence electrons. The number of aryl methyl sites for hydroxylation is 1. The molecule has 0 aliphatic heterocycles. The minimum absolute atomic E-state index is 0.0772. The number of carboxylic acids is 1. The molecular formula is C19H17N3O5. The lowest BCUT2D eigenvalue weighted by molar-refractivity contribution is 0.0694. The first kappa shape index (κ1) is 18.1. The van der Waals surface area contributed by atoms with Gasteiger partial charge in [0.15, 0.2) is 0 Å². The van der Waals surface area contributed by atoms with E-state index in [0.717, 1.165) is 5.56 Å². The summed E-state index contributed by atoms with van der Waals surface area (Å²) in [6.07, 6.45) is 1.54. The average molecular weight is 367 g/mol. The highest BCUT2D eigenvalue weighted by Crippen LogP contribution is 2.34. The molecule has 0 spiro atoms. The standard InChI is InChI=1S/C19H17N3O5/c1-11-10-20-17(27-19-21-13(25-2)9-14(22-19)26-3)16(18(23)24)15(11)12-7-5-4-6-8-12/h4-10H,1-3H3,(H,23,24). The Morgan fingerprint density at radius 2 is 1.67 bits per heavy atom. The van der Waals surface area contributed by atoms with Gasteiger partial charge in [0, 0.05) is 11.8 Å². The molecule has 8 nitrogen and oxygen atoms in total. The first-order valence-electron chi connectivity index (χ1n) is 7.96. The van der Waals surface area contributed by atoms with Crippen LogP contribution < -0.4 is 14.2 Å². The fourth-order valence-electron chi connectivity index (χ4n) is 2.57. The Morgan fingerprint density at radius 3 is 2.22 bits per heavy atom. The summed E-state index contributed by atoms with van der Waals surface area (Å²) in [4.78, 5) is 24.2. The minimum Gasteiger partial charge on any atom is -0.481 e. The smallest absolute Gasteiger partial charge is 0.341 e. The van der Waals surface area contributed by atoms with Gasteiger partial charge in [-0.2, -0.15) is 9.97 Å². The third kappa shape index (κ3) is 3.79. The van der Waals surface area contributed by atoms with Crippen molar-refractivity contribution in [3.05, 3.63) is 53.7 Å². The van der Waals surface area contributed by atoms with Gasteiger partial charge in [-0.25, -0.2) is 9.78 Å². The van der Waals surface area contributed by atoms with E-state index in [9.17, 15) is 9.90 Å². The van der Waals surface area contributed by atoms with Crippen LogP contribution in [0.25, 0.3) is 11.1 Å².